The summed E-state index contributed by atoms with van der Waals surface area (Å²) < 4.78 is 0. The normalized spacial score (nSPS) is 29.9. The zero-order valence-corrected chi connectivity index (χ0v) is 10.5. The maximum Gasteiger partial charge on any atom is 0.107 e. The molecule has 1 heterocycles. The van der Waals surface area contributed by atoms with E-state index in [0.29, 0.717) is 5.92 Å². The zero-order chi connectivity index (χ0) is 11.4. The second kappa shape index (κ2) is 4.99. The lowest BCUT2D eigenvalue weighted by atomic mass is 9.77. The fourth-order valence-corrected chi connectivity index (χ4v) is 3.17. The van der Waals surface area contributed by atoms with Gasteiger partial charge in [-0.2, -0.15) is 5.26 Å². The van der Waals surface area contributed by atoms with Gasteiger partial charge in [-0.15, -0.1) is 11.3 Å². The molecule has 1 aromatic heterocycles. The van der Waals surface area contributed by atoms with Crippen LogP contribution in [0.1, 0.15) is 37.5 Å². The Morgan fingerprint density at radius 2 is 2.56 bits per heavy atom. The van der Waals surface area contributed by atoms with Gasteiger partial charge in [0.15, 0.2) is 0 Å². The van der Waals surface area contributed by atoms with E-state index in [9.17, 15) is 5.26 Å². The van der Waals surface area contributed by atoms with Crippen LogP contribution in [-0.2, 0) is 6.54 Å². The first-order valence-electron chi connectivity index (χ1n) is 5.93. The molecule has 0 spiro atoms. The first kappa shape index (κ1) is 11.6. The molecule has 1 aliphatic carbocycles. The molecule has 0 bridgehead atoms. The Morgan fingerprint density at radius 1 is 1.69 bits per heavy atom. The average molecular weight is 234 g/mol. The van der Waals surface area contributed by atoms with Crippen molar-refractivity contribution >= 4 is 11.3 Å². The molecule has 1 fully saturated rings. The fourth-order valence-electron chi connectivity index (χ4n) is 2.52. The lowest BCUT2D eigenvalue weighted by Crippen LogP contribution is -2.46. The molecule has 1 aromatic rings. The molecule has 1 N–H and O–H groups in total. The Labute approximate surface area is 101 Å². The molecule has 2 nitrogen and oxygen atoms in total. The molecule has 2 atom stereocenters. The van der Waals surface area contributed by atoms with Gasteiger partial charge in [0, 0.05) is 11.4 Å². The highest BCUT2D eigenvalue weighted by atomic mass is 32.1. The van der Waals surface area contributed by atoms with Crippen LogP contribution >= 0.6 is 11.3 Å². The van der Waals surface area contributed by atoms with E-state index in [4.69, 9.17) is 0 Å². The van der Waals surface area contributed by atoms with Crippen molar-refractivity contribution in [3.05, 3.63) is 22.4 Å². The summed E-state index contributed by atoms with van der Waals surface area (Å²) in [4.78, 5) is 1.31. The first-order chi connectivity index (χ1) is 7.74. The minimum Gasteiger partial charge on any atom is -0.294 e. The van der Waals surface area contributed by atoms with Crippen molar-refractivity contribution in [1.82, 2.24) is 5.32 Å². The van der Waals surface area contributed by atoms with E-state index >= 15 is 0 Å². The number of nitrogens with zero attached hydrogens (tertiary/aromatic N) is 1. The van der Waals surface area contributed by atoms with E-state index in [0.717, 1.165) is 19.4 Å². The predicted molar refractivity (Wildman–Crippen MR) is 67.1 cm³/mol. The summed E-state index contributed by atoms with van der Waals surface area (Å²) in [7, 11) is 0. The number of thiophene rings is 1. The highest BCUT2D eigenvalue weighted by Gasteiger charge is 2.34. The SMILES string of the molecule is CC1CCCC(C#N)(NCc2cccs2)C1. The summed E-state index contributed by atoms with van der Waals surface area (Å²) in [6, 6.07) is 6.68. The van der Waals surface area contributed by atoms with E-state index in [-0.39, 0.29) is 5.54 Å². The van der Waals surface area contributed by atoms with E-state index in [1.54, 1.807) is 11.3 Å². The molecule has 0 radical (unpaired) electrons. The van der Waals surface area contributed by atoms with Gasteiger partial charge in [-0.3, -0.25) is 5.32 Å². The number of nitrogens with one attached hydrogen (secondary N) is 1. The third kappa shape index (κ3) is 2.63. The molecule has 0 aliphatic heterocycles. The van der Waals surface area contributed by atoms with Gasteiger partial charge < -0.3 is 0 Å². The number of rotatable bonds is 3. The third-order valence-electron chi connectivity index (χ3n) is 3.39. The maximum atomic E-state index is 9.38. The molecule has 2 rings (SSSR count). The topological polar surface area (TPSA) is 35.8 Å². The van der Waals surface area contributed by atoms with Crippen molar-refractivity contribution in [3.8, 4) is 6.07 Å². The summed E-state index contributed by atoms with van der Waals surface area (Å²) in [5.74, 6) is 0.671. The van der Waals surface area contributed by atoms with Crippen molar-refractivity contribution in [2.24, 2.45) is 5.92 Å². The Bertz CT molecular complexity index is 366. The van der Waals surface area contributed by atoms with Crippen molar-refractivity contribution in [2.45, 2.75) is 44.7 Å². The van der Waals surface area contributed by atoms with Gasteiger partial charge in [0.2, 0.25) is 0 Å². The molecule has 2 unspecified atom stereocenters. The van der Waals surface area contributed by atoms with Gasteiger partial charge in [-0.05, 0) is 30.2 Å². The molecular formula is C13H18N2S. The van der Waals surface area contributed by atoms with Gasteiger partial charge in [0.25, 0.3) is 0 Å². The highest BCUT2D eigenvalue weighted by molar-refractivity contribution is 7.09. The molecule has 0 aromatic carbocycles. The third-order valence-corrected chi connectivity index (χ3v) is 4.27. The standard InChI is InChI=1S/C13H18N2S/c1-11-4-2-6-13(8-11,10-14)15-9-12-5-3-7-16-12/h3,5,7,11,15H,2,4,6,8-9H2,1H3. The lowest BCUT2D eigenvalue weighted by Gasteiger charge is -2.35. The summed E-state index contributed by atoms with van der Waals surface area (Å²) in [5, 5.41) is 14.9. The largest absolute Gasteiger partial charge is 0.294 e. The summed E-state index contributed by atoms with van der Waals surface area (Å²) in [6.45, 7) is 3.08. The quantitative estimate of drug-likeness (QED) is 0.871. The molecule has 16 heavy (non-hydrogen) atoms. The van der Waals surface area contributed by atoms with Gasteiger partial charge in [-0.1, -0.05) is 25.8 Å². The summed E-state index contributed by atoms with van der Waals surface area (Å²) in [6.07, 6.45) is 4.43. The first-order valence-corrected chi connectivity index (χ1v) is 6.81. The number of hydrogen-bond donors (Lipinski definition) is 1. The van der Waals surface area contributed by atoms with Crippen molar-refractivity contribution < 1.29 is 0 Å². The molecule has 3 heteroatoms. The van der Waals surface area contributed by atoms with Crippen LogP contribution in [0, 0.1) is 17.2 Å². The van der Waals surface area contributed by atoms with Crippen LogP contribution in [-0.4, -0.2) is 5.54 Å². The fraction of sp³-hybridized carbons (Fsp3) is 0.615. The van der Waals surface area contributed by atoms with Gasteiger partial charge >= 0.3 is 0 Å². The number of nitriles is 1. The second-order valence-corrected chi connectivity index (χ2v) is 5.86. The number of hydrogen-bond acceptors (Lipinski definition) is 3. The Balaban J connectivity index is 1.97. The molecule has 1 saturated carbocycles. The molecule has 1 aliphatic rings. The maximum absolute atomic E-state index is 9.38. The van der Waals surface area contributed by atoms with Crippen LogP contribution in [0.3, 0.4) is 0 Å². The average Bonchev–Trinajstić information content (AvgIpc) is 2.79. The highest BCUT2D eigenvalue weighted by Crippen LogP contribution is 2.32. The van der Waals surface area contributed by atoms with Crippen LogP contribution in [0.5, 0.6) is 0 Å². The Morgan fingerprint density at radius 3 is 3.19 bits per heavy atom. The van der Waals surface area contributed by atoms with E-state index in [1.165, 1.54) is 17.7 Å². The van der Waals surface area contributed by atoms with Gasteiger partial charge in [0.05, 0.1) is 6.07 Å². The van der Waals surface area contributed by atoms with Crippen molar-refractivity contribution in [3.63, 3.8) is 0 Å². The van der Waals surface area contributed by atoms with E-state index < -0.39 is 0 Å². The molecule has 0 amide bonds. The van der Waals surface area contributed by atoms with E-state index in [2.05, 4.69) is 35.8 Å². The Kier molecular flexibility index (Phi) is 3.63. The van der Waals surface area contributed by atoms with Crippen molar-refractivity contribution in [2.75, 3.05) is 0 Å². The summed E-state index contributed by atoms with van der Waals surface area (Å²) >= 11 is 1.75. The second-order valence-electron chi connectivity index (χ2n) is 4.83. The predicted octanol–water partition coefficient (Wildman–Crippen LogP) is 3.31. The summed E-state index contributed by atoms with van der Waals surface area (Å²) in [5.41, 5.74) is -0.276. The van der Waals surface area contributed by atoms with Crippen LogP contribution < -0.4 is 5.32 Å². The molecular weight excluding hydrogens is 216 g/mol. The minimum atomic E-state index is -0.276. The van der Waals surface area contributed by atoms with Crippen LogP contribution in [0.15, 0.2) is 17.5 Å². The smallest absolute Gasteiger partial charge is 0.107 e. The minimum absolute atomic E-state index is 0.276. The Hall–Kier alpha value is -0.850. The van der Waals surface area contributed by atoms with Crippen molar-refractivity contribution in [1.29, 1.82) is 5.26 Å². The van der Waals surface area contributed by atoms with Crippen LogP contribution in [0.2, 0.25) is 0 Å². The van der Waals surface area contributed by atoms with Gasteiger partial charge in [-0.25, -0.2) is 0 Å². The van der Waals surface area contributed by atoms with Crippen LogP contribution in [0.4, 0.5) is 0 Å². The molecule has 86 valence electrons. The van der Waals surface area contributed by atoms with E-state index in [1.807, 2.05) is 0 Å². The van der Waals surface area contributed by atoms with Crippen LogP contribution in [0.25, 0.3) is 0 Å². The van der Waals surface area contributed by atoms with Gasteiger partial charge in [0.1, 0.15) is 5.54 Å². The zero-order valence-electron chi connectivity index (χ0n) is 9.70. The lowest BCUT2D eigenvalue weighted by molar-refractivity contribution is 0.240. The molecule has 0 saturated heterocycles. The monoisotopic (exact) mass is 234 g/mol.